The zero-order valence-electron chi connectivity index (χ0n) is 12.5. The number of amides is 1. The SMILES string of the molecule is CCCCN(CCCC)C(=O)c1cc([N+](=O)[O-])ccc1F. The van der Waals surface area contributed by atoms with Gasteiger partial charge in [-0.3, -0.25) is 14.9 Å². The molecule has 0 unspecified atom stereocenters. The molecule has 21 heavy (non-hydrogen) atoms. The molecule has 0 radical (unpaired) electrons. The van der Waals surface area contributed by atoms with E-state index in [2.05, 4.69) is 0 Å². The van der Waals surface area contributed by atoms with Crippen LogP contribution in [0, 0.1) is 15.9 Å². The van der Waals surface area contributed by atoms with Crippen molar-refractivity contribution in [2.45, 2.75) is 39.5 Å². The van der Waals surface area contributed by atoms with E-state index in [1.54, 1.807) is 4.90 Å². The highest BCUT2D eigenvalue weighted by Crippen LogP contribution is 2.19. The van der Waals surface area contributed by atoms with Crippen LogP contribution < -0.4 is 0 Å². The van der Waals surface area contributed by atoms with Crippen molar-refractivity contribution >= 4 is 11.6 Å². The van der Waals surface area contributed by atoms with Crippen LogP contribution in [-0.2, 0) is 0 Å². The summed E-state index contributed by atoms with van der Waals surface area (Å²) in [6, 6.07) is 3.06. The Morgan fingerprint density at radius 3 is 2.29 bits per heavy atom. The molecular formula is C15H21FN2O3. The summed E-state index contributed by atoms with van der Waals surface area (Å²) in [5.74, 6) is -1.19. The van der Waals surface area contributed by atoms with Crippen molar-refractivity contribution in [3.63, 3.8) is 0 Å². The van der Waals surface area contributed by atoms with Gasteiger partial charge in [-0.05, 0) is 18.9 Å². The summed E-state index contributed by atoms with van der Waals surface area (Å²) in [5, 5.41) is 10.8. The Hall–Kier alpha value is -1.98. The van der Waals surface area contributed by atoms with Gasteiger partial charge in [0.05, 0.1) is 10.5 Å². The highest BCUT2D eigenvalue weighted by molar-refractivity contribution is 5.95. The second-order valence-electron chi connectivity index (χ2n) is 4.92. The Morgan fingerprint density at radius 1 is 1.24 bits per heavy atom. The second-order valence-corrected chi connectivity index (χ2v) is 4.92. The molecular weight excluding hydrogens is 275 g/mol. The molecule has 0 bridgehead atoms. The summed E-state index contributed by atoms with van der Waals surface area (Å²) in [6.45, 7) is 5.10. The van der Waals surface area contributed by atoms with E-state index in [0.717, 1.165) is 43.9 Å². The van der Waals surface area contributed by atoms with Crippen LogP contribution in [0.5, 0.6) is 0 Å². The fourth-order valence-corrected chi connectivity index (χ4v) is 1.97. The van der Waals surface area contributed by atoms with Crippen LogP contribution in [0.4, 0.5) is 10.1 Å². The maximum atomic E-state index is 13.8. The maximum Gasteiger partial charge on any atom is 0.270 e. The first kappa shape index (κ1) is 17.1. The molecule has 0 heterocycles. The number of hydrogen-bond acceptors (Lipinski definition) is 3. The van der Waals surface area contributed by atoms with Crippen LogP contribution in [0.3, 0.4) is 0 Å². The number of hydrogen-bond donors (Lipinski definition) is 0. The third-order valence-electron chi connectivity index (χ3n) is 3.24. The average Bonchev–Trinajstić information content (AvgIpc) is 2.47. The van der Waals surface area contributed by atoms with Crippen LogP contribution >= 0.6 is 0 Å². The van der Waals surface area contributed by atoms with E-state index in [-0.39, 0.29) is 11.3 Å². The zero-order valence-corrected chi connectivity index (χ0v) is 12.5. The topological polar surface area (TPSA) is 63.5 Å². The molecule has 0 N–H and O–H groups in total. The van der Waals surface area contributed by atoms with E-state index in [0.29, 0.717) is 13.1 Å². The number of nitro groups is 1. The van der Waals surface area contributed by atoms with E-state index >= 15 is 0 Å². The van der Waals surface area contributed by atoms with Gasteiger partial charge in [-0.25, -0.2) is 4.39 Å². The van der Waals surface area contributed by atoms with Gasteiger partial charge in [0.2, 0.25) is 0 Å². The number of rotatable bonds is 8. The van der Waals surface area contributed by atoms with Gasteiger partial charge in [-0.2, -0.15) is 0 Å². The first-order valence-electron chi connectivity index (χ1n) is 7.24. The Bertz CT molecular complexity index is 498. The lowest BCUT2D eigenvalue weighted by Crippen LogP contribution is -2.33. The largest absolute Gasteiger partial charge is 0.339 e. The molecule has 0 aliphatic carbocycles. The van der Waals surface area contributed by atoms with Crippen molar-refractivity contribution in [2.24, 2.45) is 0 Å². The first-order valence-corrected chi connectivity index (χ1v) is 7.24. The molecule has 1 amide bonds. The summed E-state index contributed by atoms with van der Waals surface area (Å²) in [7, 11) is 0. The van der Waals surface area contributed by atoms with Crippen LogP contribution in [0.15, 0.2) is 18.2 Å². The second kappa shape index (κ2) is 8.34. The summed E-state index contributed by atoms with van der Waals surface area (Å²) >= 11 is 0. The summed E-state index contributed by atoms with van der Waals surface area (Å²) in [6.07, 6.45) is 3.50. The summed E-state index contributed by atoms with van der Waals surface area (Å²) in [4.78, 5) is 24.1. The Morgan fingerprint density at radius 2 is 1.81 bits per heavy atom. The molecule has 0 saturated heterocycles. The fraction of sp³-hybridized carbons (Fsp3) is 0.533. The number of nitro benzene ring substituents is 1. The average molecular weight is 296 g/mol. The van der Waals surface area contributed by atoms with Gasteiger partial charge in [-0.1, -0.05) is 26.7 Å². The van der Waals surface area contributed by atoms with Crippen molar-refractivity contribution in [3.05, 3.63) is 39.7 Å². The fourth-order valence-electron chi connectivity index (χ4n) is 1.97. The van der Waals surface area contributed by atoms with Crippen LogP contribution in [0.25, 0.3) is 0 Å². The van der Waals surface area contributed by atoms with Crippen LogP contribution in [-0.4, -0.2) is 28.8 Å². The number of non-ortho nitro benzene ring substituents is 1. The lowest BCUT2D eigenvalue weighted by molar-refractivity contribution is -0.384. The van der Waals surface area contributed by atoms with Crippen LogP contribution in [0.2, 0.25) is 0 Å². The molecule has 0 aromatic heterocycles. The highest BCUT2D eigenvalue weighted by atomic mass is 19.1. The van der Waals surface area contributed by atoms with Gasteiger partial charge in [-0.15, -0.1) is 0 Å². The lowest BCUT2D eigenvalue weighted by Gasteiger charge is -2.22. The molecule has 116 valence electrons. The number of benzene rings is 1. The van der Waals surface area contributed by atoms with Gasteiger partial charge >= 0.3 is 0 Å². The zero-order chi connectivity index (χ0) is 15.8. The van der Waals surface area contributed by atoms with Gasteiger partial charge in [0, 0.05) is 25.2 Å². The molecule has 6 heteroatoms. The van der Waals surface area contributed by atoms with E-state index in [4.69, 9.17) is 0 Å². The van der Waals surface area contributed by atoms with Crippen LogP contribution in [0.1, 0.15) is 49.9 Å². The van der Waals surface area contributed by atoms with Gasteiger partial charge in [0.25, 0.3) is 11.6 Å². The monoisotopic (exact) mass is 296 g/mol. The molecule has 1 aromatic rings. The number of carbonyl (C=O) groups excluding carboxylic acids is 1. The van der Waals surface area contributed by atoms with Crippen molar-refractivity contribution in [1.29, 1.82) is 0 Å². The molecule has 0 aliphatic heterocycles. The first-order chi connectivity index (χ1) is 10.0. The lowest BCUT2D eigenvalue weighted by atomic mass is 10.1. The number of unbranched alkanes of at least 4 members (excludes halogenated alkanes) is 2. The van der Waals surface area contributed by atoms with Crippen molar-refractivity contribution in [1.82, 2.24) is 4.90 Å². The van der Waals surface area contributed by atoms with E-state index < -0.39 is 16.6 Å². The van der Waals surface area contributed by atoms with Crippen molar-refractivity contribution < 1.29 is 14.1 Å². The normalized spacial score (nSPS) is 10.4. The summed E-state index contributed by atoms with van der Waals surface area (Å²) < 4.78 is 13.8. The van der Waals surface area contributed by atoms with Gasteiger partial charge in [0.1, 0.15) is 5.82 Å². The third-order valence-corrected chi connectivity index (χ3v) is 3.24. The Labute approximate surface area is 123 Å². The van der Waals surface area contributed by atoms with E-state index in [9.17, 15) is 19.3 Å². The predicted molar refractivity (Wildman–Crippen MR) is 78.8 cm³/mol. The Kier molecular flexibility index (Phi) is 6.78. The predicted octanol–water partition coefficient (Wildman–Crippen LogP) is 3.78. The maximum absolute atomic E-state index is 13.8. The minimum Gasteiger partial charge on any atom is -0.339 e. The molecule has 0 fully saturated rings. The van der Waals surface area contributed by atoms with Crippen molar-refractivity contribution in [2.75, 3.05) is 13.1 Å². The quantitative estimate of drug-likeness (QED) is 0.541. The van der Waals surface area contributed by atoms with E-state index in [1.165, 1.54) is 0 Å². The minimum atomic E-state index is -0.719. The highest BCUT2D eigenvalue weighted by Gasteiger charge is 2.21. The van der Waals surface area contributed by atoms with Gasteiger partial charge < -0.3 is 4.90 Å². The van der Waals surface area contributed by atoms with E-state index in [1.807, 2.05) is 13.8 Å². The minimum absolute atomic E-state index is 0.226. The van der Waals surface area contributed by atoms with Crippen molar-refractivity contribution in [3.8, 4) is 0 Å². The number of carbonyl (C=O) groups is 1. The molecule has 0 spiro atoms. The molecule has 1 rings (SSSR count). The van der Waals surface area contributed by atoms with Gasteiger partial charge in [0.15, 0.2) is 0 Å². The molecule has 5 nitrogen and oxygen atoms in total. The molecule has 0 aliphatic rings. The summed E-state index contributed by atoms with van der Waals surface area (Å²) in [5.41, 5.74) is -0.498. The Balaban J connectivity index is 3.00. The smallest absolute Gasteiger partial charge is 0.270 e. The number of nitrogens with zero attached hydrogens (tertiary/aromatic N) is 2. The standard InChI is InChI=1S/C15H21FN2O3/c1-3-5-9-17(10-6-4-2)15(19)13-11-12(18(20)21)7-8-14(13)16/h7-8,11H,3-6,9-10H2,1-2H3. The number of halogens is 1. The molecule has 0 saturated carbocycles. The molecule has 0 atom stereocenters. The molecule has 1 aromatic carbocycles. The third kappa shape index (κ3) is 4.81.